The second-order valence-corrected chi connectivity index (χ2v) is 12.6. The standard InChI is InChI=1S/C32H34ClF2N7O4/c1-18-17-46-25(16-41(18)21-5-8-32(2,9-6-21)31(44)45)29-39-27(24-15-37-11-12-40(24)29)19-3-4-22(23(33)13-19)30(43)42(36)26-14-20(28(34)35)7-10-38-26/h3-4,7,10-15,18,21,25,28H,5-6,8-9,16-17,36H2,1-2H3,(H,44,45)/t18-,21?,25+,32?/m0/s1. The molecule has 2 aliphatic rings. The lowest BCUT2D eigenvalue weighted by atomic mass is 9.73. The molecule has 1 aliphatic heterocycles. The van der Waals surface area contributed by atoms with Crippen LogP contribution in [0.15, 0.2) is 55.1 Å². The number of hydrogen-bond donors (Lipinski definition) is 2. The van der Waals surface area contributed by atoms with Crippen molar-refractivity contribution in [1.29, 1.82) is 0 Å². The zero-order valence-corrected chi connectivity index (χ0v) is 26.1. The fourth-order valence-corrected chi connectivity index (χ4v) is 6.66. The molecule has 4 aromatic rings. The van der Waals surface area contributed by atoms with Crippen LogP contribution in [0, 0.1) is 5.41 Å². The highest BCUT2D eigenvalue weighted by Crippen LogP contribution is 2.40. The molecule has 1 aliphatic carbocycles. The molecular weight excluding hydrogens is 620 g/mol. The number of ether oxygens (including phenoxy) is 1. The second-order valence-electron chi connectivity index (χ2n) is 12.2. The number of morpholine rings is 1. The summed E-state index contributed by atoms with van der Waals surface area (Å²) in [6.45, 7) is 5.05. The van der Waals surface area contributed by atoms with E-state index in [2.05, 4.69) is 21.8 Å². The van der Waals surface area contributed by atoms with E-state index in [1.807, 2.05) is 17.5 Å². The van der Waals surface area contributed by atoms with Gasteiger partial charge in [-0.25, -0.2) is 29.6 Å². The number of imidazole rings is 1. The van der Waals surface area contributed by atoms with Crippen molar-refractivity contribution in [3.05, 3.63) is 77.1 Å². The molecule has 0 unspecified atom stereocenters. The SMILES string of the molecule is C[C@H]1CO[C@@H](c2nc(-c3ccc(C(=O)N(N)c4cc(C(F)F)ccn4)c(Cl)c3)c3cnccn23)CN1C1CCC(C)(C(=O)O)CC1. The van der Waals surface area contributed by atoms with E-state index in [0.717, 1.165) is 31.2 Å². The molecule has 1 saturated heterocycles. The van der Waals surface area contributed by atoms with E-state index in [-0.39, 0.29) is 40.2 Å². The minimum atomic E-state index is -2.75. The van der Waals surface area contributed by atoms with Gasteiger partial charge < -0.3 is 9.84 Å². The number of carboxylic acids is 1. The number of hydrogen-bond acceptors (Lipinski definition) is 8. The van der Waals surface area contributed by atoms with Gasteiger partial charge in [-0.05, 0) is 63.8 Å². The zero-order valence-electron chi connectivity index (χ0n) is 25.3. The number of pyridine rings is 1. The van der Waals surface area contributed by atoms with Gasteiger partial charge in [0.2, 0.25) is 0 Å². The molecule has 14 heteroatoms. The Hall–Kier alpha value is -4.04. The van der Waals surface area contributed by atoms with Crippen LogP contribution in [0.1, 0.15) is 73.8 Å². The largest absolute Gasteiger partial charge is 0.481 e. The Morgan fingerprint density at radius 1 is 1.20 bits per heavy atom. The Bertz CT molecular complexity index is 1780. The van der Waals surface area contributed by atoms with Gasteiger partial charge in [0.05, 0.1) is 40.0 Å². The quantitative estimate of drug-likeness (QED) is 0.146. The predicted octanol–water partition coefficient (Wildman–Crippen LogP) is 5.70. The Kier molecular flexibility index (Phi) is 8.77. The van der Waals surface area contributed by atoms with E-state index < -0.39 is 23.7 Å². The van der Waals surface area contributed by atoms with Gasteiger partial charge in [-0.15, -0.1) is 0 Å². The smallest absolute Gasteiger partial charge is 0.309 e. The highest BCUT2D eigenvalue weighted by molar-refractivity contribution is 6.34. The van der Waals surface area contributed by atoms with Crippen LogP contribution in [0.5, 0.6) is 0 Å². The van der Waals surface area contributed by atoms with Crippen LogP contribution in [-0.4, -0.2) is 66.5 Å². The lowest BCUT2D eigenvalue weighted by molar-refractivity contribution is -0.151. The Morgan fingerprint density at radius 3 is 2.65 bits per heavy atom. The number of aromatic nitrogens is 4. The topological polar surface area (TPSA) is 139 Å². The number of halogens is 3. The maximum Gasteiger partial charge on any atom is 0.309 e. The molecule has 1 aromatic carbocycles. The first-order valence-corrected chi connectivity index (χ1v) is 15.4. The molecule has 6 rings (SSSR count). The Labute approximate surface area is 268 Å². The van der Waals surface area contributed by atoms with Crippen LogP contribution >= 0.6 is 11.6 Å². The fourth-order valence-electron chi connectivity index (χ4n) is 6.40. The van der Waals surface area contributed by atoms with Gasteiger partial charge in [-0.2, -0.15) is 0 Å². The molecule has 1 saturated carbocycles. The van der Waals surface area contributed by atoms with E-state index in [1.54, 1.807) is 24.5 Å². The lowest BCUT2D eigenvalue weighted by Crippen LogP contribution is -2.52. The number of nitrogens with two attached hydrogens (primary N) is 1. The van der Waals surface area contributed by atoms with E-state index in [1.165, 1.54) is 6.07 Å². The van der Waals surface area contributed by atoms with Crippen LogP contribution in [-0.2, 0) is 9.53 Å². The van der Waals surface area contributed by atoms with Crippen LogP contribution in [0.4, 0.5) is 14.6 Å². The molecule has 46 heavy (non-hydrogen) atoms. The molecule has 242 valence electrons. The van der Waals surface area contributed by atoms with Crippen LogP contribution in [0.25, 0.3) is 16.8 Å². The highest BCUT2D eigenvalue weighted by Gasteiger charge is 2.42. The van der Waals surface area contributed by atoms with Crippen molar-refractivity contribution in [3.8, 4) is 11.3 Å². The van der Waals surface area contributed by atoms with E-state index >= 15 is 0 Å². The van der Waals surface area contributed by atoms with Gasteiger partial charge in [-0.3, -0.25) is 23.9 Å². The van der Waals surface area contributed by atoms with Crippen molar-refractivity contribution in [2.24, 2.45) is 11.3 Å². The monoisotopic (exact) mass is 653 g/mol. The molecule has 2 fully saturated rings. The average molecular weight is 654 g/mol. The van der Waals surface area contributed by atoms with Crippen LogP contribution in [0.3, 0.4) is 0 Å². The maximum absolute atomic E-state index is 13.2. The zero-order chi connectivity index (χ0) is 32.7. The van der Waals surface area contributed by atoms with Crippen molar-refractivity contribution in [3.63, 3.8) is 0 Å². The van der Waals surface area contributed by atoms with Gasteiger partial charge in [0.15, 0.2) is 5.82 Å². The van der Waals surface area contributed by atoms with Crippen molar-refractivity contribution in [2.45, 2.75) is 64.1 Å². The summed E-state index contributed by atoms with van der Waals surface area (Å²) in [5.41, 5.74) is 0.984. The van der Waals surface area contributed by atoms with Crippen molar-refractivity contribution >= 4 is 34.8 Å². The second kappa shape index (κ2) is 12.6. The number of carbonyl (C=O) groups excluding carboxylic acids is 1. The first-order valence-electron chi connectivity index (χ1n) is 15.0. The molecule has 3 aromatic heterocycles. The number of amides is 1. The Balaban J connectivity index is 1.26. The Morgan fingerprint density at radius 2 is 1.96 bits per heavy atom. The van der Waals surface area contributed by atoms with Crippen LogP contribution in [0.2, 0.25) is 5.02 Å². The molecule has 0 radical (unpaired) electrons. The molecule has 3 N–H and O–H groups in total. The number of anilines is 1. The summed E-state index contributed by atoms with van der Waals surface area (Å²) in [6, 6.07) is 7.41. The summed E-state index contributed by atoms with van der Waals surface area (Å²) in [4.78, 5) is 40.6. The van der Waals surface area contributed by atoms with Gasteiger partial charge >= 0.3 is 5.97 Å². The van der Waals surface area contributed by atoms with Crippen molar-refractivity contribution < 1.29 is 28.2 Å². The van der Waals surface area contributed by atoms with Gasteiger partial charge in [0.1, 0.15) is 11.9 Å². The number of rotatable bonds is 7. The molecule has 2 atom stereocenters. The number of nitrogens with zero attached hydrogens (tertiary/aromatic N) is 6. The van der Waals surface area contributed by atoms with Gasteiger partial charge in [-0.1, -0.05) is 17.7 Å². The first kappa shape index (κ1) is 31.9. The molecule has 4 heterocycles. The number of carbonyl (C=O) groups is 2. The van der Waals surface area contributed by atoms with Crippen molar-refractivity contribution in [2.75, 3.05) is 18.2 Å². The van der Waals surface area contributed by atoms with Gasteiger partial charge in [0, 0.05) is 48.3 Å². The fraction of sp³-hybridized carbons (Fsp3) is 0.406. The highest BCUT2D eigenvalue weighted by atomic mass is 35.5. The maximum atomic E-state index is 13.2. The average Bonchev–Trinajstić information content (AvgIpc) is 3.44. The third-order valence-corrected chi connectivity index (χ3v) is 9.56. The van der Waals surface area contributed by atoms with E-state index in [9.17, 15) is 23.5 Å². The molecule has 0 spiro atoms. The normalized spacial score (nSPS) is 23.9. The number of fused-ring (bicyclic) bond motifs is 1. The van der Waals surface area contributed by atoms with E-state index in [0.29, 0.717) is 53.6 Å². The molecule has 0 bridgehead atoms. The van der Waals surface area contributed by atoms with Crippen LogP contribution < -0.4 is 10.9 Å². The first-order chi connectivity index (χ1) is 22.0. The summed E-state index contributed by atoms with van der Waals surface area (Å²) in [7, 11) is 0. The number of hydrazine groups is 1. The summed E-state index contributed by atoms with van der Waals surface area (Å²) < 4.78 is 34.6. The summed E-state index contributed by atoms with van der Waals surface area (Å²) in [5.74, 6) is 5.06. The van der Waals surface area contributed by atoms with E-state index in [4.69, 9.17) is 27.2 Å². The third-order valence-electron chi connectivity index (χ3n) is 9.25. The summed E-state index contributed by atoms with van der Waals surface area (Å²) in [5, 5.41) is 10.5. The lowest BCUT2D eigenvalue weighted by Gasteiger charge is -2.46. The molecular formula is C32H34ClF2N7O4. The minimum absolute atomic E-state index is 0.0609. The number of aliphatic carboxylic acids is 1. The minimum Gasteiger partial charge on any atom is -0.481 e. The molecule has 11 nitrogen and oxygen atoms in total. The molecule has 1 amide bonds. The third kappa shape index (κ3) is 5.95. The summed E-state index contributed by atoms with van der Waals surface area (Å²) >= 11 is 6.59. The van der Waals surface area contributed by atoms with Gasteiger partial charge in [0.25, 0.3) is 12.3 Å². The van der Waals surface area contributed by atoms with Crippen molar-refractivity contribution in [1.82, 2.24) is 24.3 Å². The predicted molar refractivity (Wildman–Crippen MR) is 166 cm³/mol. The number of benzene rings is 1. The number of carboxylic acid groups (broad SMARTS) is 1. The summed E-state index contributed by atoms with van der Waals surface area (Å²) in [6.07, 6.45) is 6.09. The number of alkyl halides is 2.